The van der Waals surface area contributed by atoms with Crippen LogP contribution in [0.1, 0.15) is 49.7 Å². The highest BCUT2D eigenvalue weighted by molar-refractivity contribution is 5.63. The molecule has 176 valence electrons. The van der Waals surface area contributed by atoms with Gasteiger partial charge in [0.15, 0.2) is 11.5 Å². The molecule has 2 aliphatic heterocycles. The van der Waals surface area contributed by atoms with E-state index in [2.05, 4.69) is 23.1 Å². The first-order chi connectivity index (χ1) is 16.1. The molecule has 6 nitrogen and oxygen atoms in total. The van der Waals surface area contributed by atoms with Gasteiger partial charge in [0, 0.05) is 42.0 Å². The van der Waals surface area contributed by atoms with Gasteiger partial charge in [-0.1, -0.05) is 6.07 Å². The SMILES string of the molecule is COc1ccc2c3c1O[C@H]1C4(OC)CC[C@@]5(C[C@@H]4COCC#N)[C@@H](C2)N(CC2CC2)CC[C@]315. The first-order valence-electron chi connectivity index (χ1n) is 12.7. The molecule has 4 bridgehead atoms. The molecular formula is C27H34N2O4. The average molecular weight is 451 g/mol. The zero-order valence-corrected chi connectivity index (χ0v) is 19.8. The third-order valence-corrected chi connectivity index (χ3v) is 10.5. The van der Waals surface area contributed by atoms with Gasteiger partial charge in [-0.25, -0.2) is 0 Å². The lowest BCUT2D eigenvalue weighted by molar-refractivity contribution is -0.282. The van der Waals surface area contributed by atoms with Crippen molar-refractivity contribution in [3.05, 3.63) is 23.3 Å². The van der Waals surface area contributed by atoms with E-state index in [0.717, 1.165) is 49.6 Å². The van der Waals surface area contributed by atoms with Crippen LogP contribution in [0.2, 0.25) is 0 Å². The predicted octanol–water partition coefficient (Wildman–Crippen LogP) is 3.46. The van der Waals surface area contributed by atoms with Crippen molar-refractivity contribution >= 4 is 0 Å². The van der Waals surface area contributed by atoms with Crippen molar-refractivity contribution in [3.63, 3.8) is 0 Å². The molecule has 0 radical (unpaired) electrons. The Balaban J connectivity index is 1.41. The summed E-state index contributed by atoms with van der Waals surface area (Å²) in [6, 6.07) is 7.10. The smallest absolute Gasteiger partial charge is 0.165 e. The molecule has 5 fully saturated rings. The van der Waals surface area contributed by atoms with E-state index in [1.54, 1.807) is 7.11 Å². The molecule has 1 aromatic carbocycles. The van der Waals surface area contributed by atoms with E-state index in [1.165, 1.54) is 36.9 Å². The van der Waals surface area contributed by atoms with Crippen LogP contribution in [0.3, 0.4) is 0 Å². The molecule has 1 unspecified atom stereocenters. The van der Waals surface area contributed by atoms with E-state index in [1.807, 2.05) is 7.11 Å². The molecule has 2 spiro atoms. The van der Waals surface area contributed by atoms with Crippen molar-refractivity contribution in [1.82, 2.24) is 4.90 Å². The van der Waals surface area contributed by atoms with Gasteiger partial charge in [0.1, 0.15) is 18.3 Å². The van der Waals surface area contributed by atoms with Crippen LogP contribution >= 0.6 is 0 Å². The minimum absolute atomic E-state index is 0.0187. The van der Waals surface area contributed by atoms with Gasteiger partial charge in [0.25, 0.3) is 0 Å². The Hall–Kier alpha value is -1.81. The minimum atomic E-state index is -0.390. The van der Waals surface area contributed by atoms with E-state index in [0.29, 0.717) is 12.6 Å². The first-order valence-corrected chi connectivity index (χ1v) is 12.7. The van der Waals surface area contributed by atoms with Crippen molar-refractivity contribution in [2.45, 2.75) is 68.1 Å². The van der Waals surface area contributed by atoms with Crippen LogP contribution in [0.4, 0.5) is 0 Å². The zero-order valence-electron chi connectivity index (χ0n) is 19.8. The van der Waals surface area contributed by atoms with Gasteiger partial charge in [0.05, 0.1) is 19.8 Å². The van der Waals surface area contributed by atoms with Gasteiger partial charge in [0.2, 0.25) is 0 Å². The first kappa shape index (κ1) is 20.6. The Bertz CT molecular complexity index is 1030. The number of nitriles is 1. The molecule has 33 heavy (non-hydrogen) atoms. The van der Waals surface area contributed by atoms with Gasteiger partial charge in [-0.15, -0.1) is 0 Å². The number of nitrogens with zero attached hydrogens (tertiary/aromatic N) is 2. The lowest BCUT2D eigenvalue weighted by Crippen LogP contribution is -2.81. The van der Waals surface area contributed by atoms with Crippen molar-refractivity contribution in [3.8, 4) is 17.6 Å². The van der Waals surface area contributed by atoms with E-state index >= 15 is 0 Å². The maximum absolute atomic E-state index is 9.08. The predicted molar refractivity (Wildman–Crippen MR) is 121 cm³/mol. The second kappa shape index (κ2) is 6.87. The number of piperidine rings is 1. The van der Waals surface area contributed by atoms with Crippen LogP contribution < -0.4 is 9.47 Å². The lowest BCUT2D eigenvalue weighted by atomic mass is 9.35. The maximum Gasteiger partial charge on any atom is 0.165 e. The normalized spacial score (nSPS) is 41.9. The van der Waals surface area contributed by atoms with Crippen molar-refractivity contribution in [2.24, 2.45) is 17.3 Å². The van der Waals surface area contributed by atoms with E-state index in [9.17, 15) is 0 Å². The van der Waals surface area contributed by atoms with Crippen LogP contribution in [-0.4, -0.2) is 63.2 Å². The van der Waals surface area contributed by atoms with Crippen LogP contribution in [-0.2, 0) is 21.3 Å². The molecular weight excluding hydrogens is 416 g/mol. The molecule has 5 aliphatic carbocycles. The molecule has 4 saturated carbocycles. The quantitative estimate of drug-likeness (QED) is 0.593. The summed E-state index contributed by atoms with van der Waals surface area (Å²) in [6.45, 7) is 3.09. The summed E-state index contributed by atoms with van der Waals surface area (Å²) in [5.74, 6) is 2.95. The molecule has 2 heterocycles. The number of methoxy groups -OCH3 is 2. The topological polar surface area (TPSA) is 64.0 Å². The number of hydrogen-bond donors (Lipinski definition) is 0. The summed E-state index contributed by atoms with van der Waals surface area (Å²) < 4.78 is 25.2. The number of hydrogen-bond acceptors (Lipinski definition) is 6. The van der Waals surface area contributed by atoms with Crippen molar-refractivity contribution in [1.29, 1.82) is 5.26 Å². The van der Waals surface area contributed by atoms with Gasteiger partial charge in [-0.3, -0.25) is 4.90 Å². The molecule has 1 saturated heterocycles. The summed E-state index contributed by atoms with van der Waals surface area (Å²) in [4.78, 5) is 2.85. The minimum Gasteiger partial charge on any atom is -0.493 e. The summed E-state index contributed by atoms with van der Waals surface area (Å²) in [5, 5.41) is 9.08. The lowest BCUT2D eigenvalue weighted by Gasteiger charge is -2.74. The molecule has 6 heteroatoms. The fraction of sp³-hybridized carbons (Fsp3) is 0.741. The maximum atomic E-state index is 9.08. The Morgan fingerprint density at radius 1 is 1.21 bits per heavy atom. The third-order valence-electron chi connectivity index (χ3n) is 10.5. The molecule has 8 rings (SSSR count). The van der Waals surface area contributed by atoms with E-state index in [4.69, 9.17) is 24.2 Å². The summed E-state index contributed by atoms with van der Waals surface area (Å²) in [7, 11) is 3.61. The monoisotopic (exact) mass is 450 g/mol. The second-order valence-corrected chi connectivity index (χ2v) is 11.4. The van der Waals surface area contributed by atoms with Crippen LogP contribution in [0.25, 0.3) is 0 Å². The zero-order chi connectivity index (χ0) is 22.4. The van der Waals surface area contributed by atoms with Crippen molar-refractivity contribution in [2.75, 3.05) is 40.5 Å². The largest absolute Gasteiger partial charge is 0.493 e. The molecule has 1 aromatic rings. The second-order valence-electron chi connectivity index (χ2n) is 11.4. The number of likely N-dealkylation sites (tertiary alicyclic amines) is 1. The number of rotatable bonds is 7. The van der Waals surface area contributed by atoms with Crippen LogP contribution in [0.15, 0.2) is 12.1 Å². The Labute approximate surface area is 196 Å². The van der Waals surface area contributed by atoms with Crippen molar-refractivity contribution < 1.29 is 18.9 Å². The average Bonchev–Trinajstić information content (AvgIpc) is 3.58. The van der Waals surface area contributed by atoms with Gasteiger partial charge in [-0.05, 0) is 69.0 Å². The summed E-state index contributed by atoms with van der Waals surface area (Å²) in [6.07, 6.45) is 8.25. The molecule has 6 atom stereocenters. The van der Waals surface area contributed by atoms with Gasteiger partial charge < -0.3 is 18.9 Å². The highest BCUT2D eigenvalue weighted by atomic mass is 16.6. The Kier molecular flexibility index (Phi) is 4.28. The van der Waals surface area contributed by atoms with E-state index in [-0.39, 0.29) is 35.1 Å². The fourth-order valence-corrected chi connectivity index (χ4v) is 9.14. The molecule has 0 aromatic heterocycles. The summed E-state index contributed by atoms with van der Waals surface area (Å²) >= 11 is 0. The number of fused-ring (bicyclic) bond motifs is 2. The Morgan fingerprint density at radius 2 is 2.09 bits per heavy atom. The van der Waals surface area contributed by atoms with Gasteiger partial charge in [-0.2, -0.15) is 5.26 Å². The molecule has 7 aliphatic rings. The number of ether oxygens (including phenoxy) is 4. The van der Waals surface area contributed by atoms with Crippen LogP contribution in [0.5, 0.6) is 11.5 Å². The highest BCUT2D eigenvalue weighted by Crippen LogP contribution is 2.76. The van der Waals surface area contributed by atoms with Crippen LogP contribution in [0, 0.1) is 28.6 Å². The van der Waals surface area contributed by atoms with E-state index < -0.39 is 0 Å². The Morgan fingerprint density at radius 3 is 2.85 bits per heavy atom. The summed E-state index contributed by atoms with van der Waals surface area (Å²) in [5.41, 5.74) is 2.65. The standard InChI is InChI=1S/C27H34N2O4/c1-30-20-6-5-18-13-21-25-7-8-27(31-2,19(14-25)16-32-12-10-28)24-26(25,22(18)23(20)33-24)9-11-29(21)15-17-3-4-17/h5-6,17,19,21,24H,3-4,7-9,11-16H2,1-2H3/t19-,21-,24-,25-,26+,27?/m1/s1. The third kappa shape index (κ3) is 2.34. The fourth-order valence-electron chi connectivity index (χ4n) is 9.14. The molecule has 0 amide bonds. The van der Waals surface area contributed by atoms with Gasteiger partial charge >= 0.3 is 0 Å². The molecule has 0 N–H and O–H groups in total. The highest BCUT2D eigenvalue weighted by Gasteiger charge is 2.80. The number of benzene rings is 1.